The Morgan fingerprint density at radius 2 is 1.96 bits per heavy atom. The lowest BCUT2D eigenvalue weighted by molar-refractivity contribution is -0.127. The summed E-state index contributed by atoms with van der Waals surface area (Å²) in [6.07, 6.45) is 8.53. The van der Waals surface area contributed by atoms with Crippen molar-refractivity contribution in [1.29, 1.82) is 0 Å². The first kappa shape index (κ1) is 18.3. The Morgan fingerprint density at radius 1 is 1.19 bits per heavy atom. The molecule has 1 aliphatic carbocycles. The summed E-state index contributed by atoms with van der Waals surface area (Å²) in [5.74, 6) is 1.33. The maximum absolute atomic E-state index is 12.7. The van der Waals surface area contributed by atoms with E-state index < -0.39 is 0 Å². The van der Waals surface area contributed by atoms with Crippen molar-refractivity contribution in [3.63, 3.8) is 0 Å². The number of likely N-dealkylation sites (tertiary alicyclic amines) is 1. The lowest BCUT2D eigenvalue weighted by atomic mass is 9.89. The van der Waals surface area contributed by atoms with Gasteiger partial charge in [-0.05, 0) is 87.4 Å². The summed E-state index contributed by atoms with van der Waals surface area (Å²) in [4.78, 5) is 15.1. The molecule has 4 nitrogen and oxygen atoms in total. The van der Waals surface area contributed by atoms with Crippen LogP contribution in [0.25, 0.3) is 0 Å². The number of aryl methyl sites for hydroxylation is 2. The van der Waals surface area contributed by atoms with Crippen LogP contribution in [0.4, 0.5) is 0 Å². The first-order valence-corrected chi connectivity index (χ1v) is 10.4. The van der Waals surface area contributed by atoms with Gasteiger partial charge in [0.15, 0.2) is 0 Å². The largest absolute Gasteiger partial charge is 0.468 e. The van der Waals surface area contributed by atoms with Gasteiger partial charge < -0.3 is 9.73 Å². The highest BCUT2D eigenvalue weighted by atomic mass is 16.3. The van der Waals surface area contributed by atoms with Crippen LogP contribution in [0.5, 0.6) is 0 Å². The monoisotopic (exact) mass is 366 g/mol. The molecular formula is C23H30N2O2. The maximum Gasteiger partial charge on any atom is 0.223 e. The second-order valence-electron chi connectivity index (χ2n) is 8.10. The molecule has 1 N–H and O–H groups in total. The summed E-state index contributed by atoms with van der Waals surface area (Å²) in [5.41, 5.74) is 4.21. The molecule has 1 aliphatic heterocycles. The predicted molar refractivity (Wildman–Crippen MR) is 106 cm³/mol. The number of hydrogen-bond donors (Lipinski definition) is 1. The molecule has 1 unspecified atom stereocenters. The lowest BCUT2D eigenvalue weighted by Crippen LogP contribution is -2.40. The Bertz CT molecular complexity index is 761. The fraction of sp³-hybridized carbons (Fsp3) is 0.522. The molecule has 2 aliphatic rings. The number of carbonyl (C=O) groups excluding carboxylic acids is 1. The van der Waals surface area contributed by atoms with Crippen LogP contribution in [-0.4, -0.2) is 23.9 Å². The molecule has 0 bridgehead atoms. The summed E-state index contributed by atoms with van der Waals surface area (Å²) in [6, 6.07) is 10.8. The van der Waals surface area contributed by atoms with E-state index in [1.807, 2.05) is 12.1 Å². The first-order valence-electron chi connectivity index (χ1n) is 10.4. The van der Waals surface area contributed by atoms with Crippen molar-refractivity contribution in [2.24, 2.45) is 5.92 Å². The molecular weight excluding hydrogens is 336 g/mol. The molecule has 2 heterocycles. The van der Waals surface area contributed by atoms with Crippen LogP contribution < -0.4 is 5.32 Å². The van der Waals surface area contributed by atoms with Crippen LogP contribution in [-0.2, 0) is 24.2 Å². The van der Waals surface area contributed by atoms with Crippen molar-refractivity contribution >= 4 is 5.91 Å². The zero-order valence-electron chi connectivity index (χ0n) is 16.2. The Hall–Kier alpha value is -2.07. The summed E-state index contributed by atoms with van der Waals surface area (Å²) in [5, 5.41) is 3.26. The zero-order valence-corrected chi connectivity index (χ0v) is 16.2. The number of nitrogens with zero attached hydrogens (tertiary/aromatic N) is 1. The van der Waals surface area contributed by atoms with E-state index in [2.05, 4.69) is 35.3 Å². The topological polar surface area (TPSA) is 45.5 Å². The molecule has 27 heavy (non-hydrogen) atoms. The number of amides is 1. The molecule has 0 saturated carbocycles. The van der Waals surface area contributed by atoms with Gasteiger partial charge in [-0.3, -0.25) is 9.69 Å². The third-order valence-electron chi connectivity index (χ3n) is 6.15. The standard InChI is InChI=1S/C23H30N2O2/c1-17(20-9-8-18-5-2-3-6-21(18)15-20)24-23(26)19-10-12-25(13-11-19)16-22-7-4-14-27-22/h4,7-9,14-15,17,19H,2-3,5-6,10-13,16H2,1H3,(H,24,26). The van der Waals surface area contributed by atoms with Crippen LogP contribution >= 0.6 is 0 Å². The van der Waals surface area contributed by atoms with Crippen molar-refractivity contribution in [3.8, 4) is 0 Å². The number of rotatable bonds is 5. The molecule has 1 aromatic carbocycles. The fourth-order valence-electron chi connectivity index (χ4n) is 4.41. The highest BCUT2D eigenvalue weighted by Crippen LogP contribution is 2.26. The lowest BCUT2D eigenvalue weighted by Gasteiger charge is -2.31. The van der Waals surface area contributed by atoms with Gasteiger partial charge in [-0.1, -0.05) is 18.2 Å². The van der Waals surface area contributed by atoms with Gasteiger partial charge in [-0.2, -0.15) is 0 Å². The number of furan rings is 1. The van der Waals surface area contributed by atoms with E-state index in [0.29, 0.717) is 0 Å². The van der Waals surface area contributed by atoms with Gasteiger partial charge in [0.25, 0.3) is 0 Å². The minimum Gasteiger partial charge on any atom is -0.468 e. The van der Waals surface area contributed by atoms with Gasteiger partial charge in [0, 0.05) is 5.92 Å². The van der Waals surface area contributed by atoms with Gasteiger partial charge in [-0.15, -0.1) is 0 Å². The maximum atomic E-state index is 12.7. The minimum absolute atomic E-state index is 0.0749. The predicted octanol–water partition coefficient (Wildman–Crippen LogP) is 4.25. The molecule has 1 saturated heterocycles. The molecule has 0 spiro atoms. The number of carbonyl (C=O) groups is 1. The van der Waals surface area contributed by atoms with Crippen LogP contribution in [0.2, 0.25) is 0 Å². The fourth-order valence-corrected chi connectivity index (χ4v) is 4.41. The summed E-state index contributed by atoms with van der Waals surface area (Å²) >= 11 is 0. The summed E-state index contributed by atoms with van der Waals surface area (Å²) in [7, 11) is 0. The highest BCUT2D eigenvalue weighted by molar-refractivity contribution is 5.79. The molecule has 1 fully saturated rings. The first-order chi connectivity index (χ1) is 13.2. The second kappa shape index (κ2) is 8.30. The van der Waals surface area contributed by atoms with Crippen LogP contribution in [0, 0.1) is 5.92 Å². The third-order valence-corrected chi connectivity index (χ3v) is 6.15. The Balaban J connectivity index is 1.29. The highest BCUT2D eigenvalue weighted by Gasteiger charge is 2.26. The molecule has 0 radical (unpaired) electrons. The third kappa shape index (κ3) is 4.44. The van der Waals surface area contributed by atoms with E-state index in [-0.39, 0.29) is 17.9 Å². The van der Waals surface area contributed by atoms with E-state index in [1.54, 1.807) is 6.26 Å². The summed E-state index contributed by atoms with van der Waals surface area (Å²) < 4.78 is 5.43. The Kier molecular flexibility index (Phi) is 5.63. The second-order valence-corrected chi connectivity index (χ2v) is 8.10. The van der Waals surface area contributed by atoms with E-state index >= 15 is 0 Å². The van der Waals surface area contributed by atoms with Crippen LogP contribution in [0.3, 0.4) is 0 Å². The van der Waals surface area contributed by atoms with E-state index in [9.17, 15) is 4.79 Å². The molecule has 4 heteroatoms. The van der Waals surface area contributed by atoms with E-state index in [1.165, 1.54) is 42.4 Å². The zero-order chi connectivity index (χ0) is 18.6. The van der Waals surface area contributed by atoms with Crippen molar-refractivity contribution in [1.82, 2.24) is 10.2 Å². The number of piperidine rings is 1. The minimum atomic E-state index is 0.0749. The normalized spacial score (nSPS) is 19.4. The average molecular weight is 367 g/mol. The van der Waals surface area contributed by atoms with Gasteiger partial charge in [0.2, 0.25) is 5.91 Å². The Morgan fingerprint density at radius 3 is 2.70 bits per heavy atom. The van der Waals surface area contributed by atoms with Crippen molar-refractivity contribution in [2.75, 3.05) is 13.1 Å². The van der Waals surface area contributed by atoms with Gasteiger partial charge in [0.1, 0.15) is 5.76 Å². The molecule has 144 valence electrons. The van der Waals surface area contributed by atoms with Gasteiger partial charge in [-0.25, -0.2) is 0 Å². The molecule has 1 aromatic heterocycles. The average Bonchev–Trinajstić information content (AvgIpc) is 3.21. The van der Waals surface area contributed by atoms with E-state index in [0.717, 1.165) is 38.2 Å². The Labute approximate surface area is 161 Å². The molecule has 4 rings (SSSR count). The van der Waals surface area contributed by atoms with Crippen LogP contribution in [0.1, 0.15) is 61.1 Å². The SMILES string of the molecule is CC(NC(=O)C1CCN(Cc2ccco2)CC1)c1ccc2c(c1)CCCC2. The number of hydrogen-bond acceptors (Lipinski definition) is 3. The van der Waals surface area contributed by atoms with Crippen LogP contribution in [0.15, 0.2) is 41.0 Å². The van der Waals surface area contributed by atoms with Gasteiger partial charge >= 0.3 is 0 Å². The number of nitrogens with one attached hydrogen (secondary N) is 1. The van der Waals surface area contributed by atoms with Gasteiger partial charge in [0.05, 0.1) is 18.8 Å². The summed E-state index contributed by atoms with van der Waals surface area (Å²) in [6.45, 7) is 4.85. The number of benzene rings is 1. The van der Waals surface area contributed by atoms with Crippen molar-refractivity contribution in [2.45, 2.75) is 58.0 Å². The molecule has 1 atom stereocenters. The quantitative estimate of drug-likeness (QED) is 0.860. The van der Waals surface area contributed by atoms with Crippen molar-refractivity contribution in [3.05, 3.63) is 59.0 Å². The number of fused-ring (bicyclic) bond motifs is 1. The van der Waals surface area contributed by atoms with E-state index in [4.69, 9.17) is 4.42 Å². The molecule has 1 amide bonds. The van der Waals surface area contributed by atoms with Crippen molar-refractivity contribution < 1.29 is 9.21 Å². The smallest absolute Gasteiger partial charge is 0.223 e. The molecule has 2 aromatic rings.